The summed E-state index contributed by atoms with van der Waals surface area (Å²) in [5.74, 6) is -0.163. The zero-order valence-electron chi connectivity index (χ0n) is 18.3. The summed E-state index contributed by atoms with van der Waals surface area (Å²) in [5.41, 5.74) is 0.873. The minimum atomic E-state index is -4.49. The maximum atomic E-state index is 14.9. The van der Waals surface area contributed by atoms with Gasteiger partial charge in [0.2, 0.25) is 5.88 Å². The molecule has 1 aliphatic rings. The van der Waals surface area contributed by atoms with Crippen LogP contribution in [0.2, 0.25) is 0 Å². The van der Waals surface area contributed by atoms with Gasteiger partial charge in [-0.3, -0.25) is 5.10 Å². The van der Waals surface area contributed by atoms with Crippen molar-refractivity contribution in [1.29, 1.82) is 0 Å². The SMILES string of the molecule is CC(C)NC(=O)O[C@@H]1CC[C@H](c2cc(Nc3nccn4nc(OCC(F)(F)F)cc34)n[nH]2)[C@@H]1F. The van der Waals surface area contributed by atoms with Crippen molar-refractivity contribution < 1.29 is 31.8 Å². The number of nitrogens with one attached hydrogen (secondary N) is 3. The number of aromatic amines is 1. The normalized spacial score (nSPS) is 20.6. The average molecular weight is 485 g/mol. The molecule has 4 rings (SSSR count). The Bertz CT molecular complexity index is 1150. The van der Waals surface area contributed by atoms with Crippen LogP contribution < -0.4 is 15.4 Å². The van der Waals surface area contributed by atoms with Crippen molar-refractivity contribution in [3.05, 3.63) is 30.2 Å². The monoisotopic (exact) mass is 485 g/mol. The van der Waals surface area contributed by atoms with E-state index in [1.54, 1.807) is 19.9 Å². The molecule has 1 aliphatic carbocycles. The van der Waals surface area contributed by atoms with Gasteiger partial charge in [0.1, 0.15) is 17.8 Å². The van der Waals surface area contributed by atoms with E-state index in [4.69, 9.17) is 4.74 Å². The average Bonchev–Trinajstić information content (AvgIpc) is 3.45. The fraction of sp³-hybridized carbons (Fsp3) is 0.500. The van der Waals surface area contributed by atoms with Gasteiger partial charge >= 0.3 is 12.3 Å². The standard InChI is InChI=1S/C20H23F4N7O3/c1-10(2)26-19(32)34-14-4-3-11(17(14)21)12-7-15(29-28-12)27-18-13-8-16(33-9-20(22,23)24)30-31(13)6-5-25-18/h5-8,10-11,14,17H,3-4,9H2,1-2H3,(H,26,32)(H2,25,27,28,29)/t11-,14-,17+/m1/s1. The molecule has 0 aromatic carbocycles. The van der Waals surface area contributed by atoms with Crippen molar-refractivity contribution in [2.75, 3.05) is 11.9 Å². The molecule has 0 bridgehead atoms. The van der Waals surface area contributed by atoms with Gasteiger partial charge < -0.3 is 20.1 Å². The van der Waals surface area contributed by atoms with Crippen LogP contribution in [0.1, 0.15) is 38.3 Å². The quantitative estimate of drug-likeness (QED) is 0.435. The fourth-order valence-corrected chi connectivity index (χ4v) is 3.71. The number of anilines is 2. The van der Waals surface area contributed by atoms with Crippen molar-refractivity contribution in [3.8, 4) is 5.88 Å². The smallest absolute Gasteiger partial charge is 0.422 e. The second kappa shape index (κ2) is 9.35. The first kappa shape index (κ1) is 23.6. The van der Waals surface area contributed by atoms with Crippen LogP contribution in [0.5, 0.6) is 5.88 Å². The number of H-pyrrole nitrogens is 1. The van der Waals surface area contributed by atoms with Gasteiger partial charge in [-0.15, -0.1) is 5.10 Å². The number of hydrogen-bond donors (Lipinski definition) is 3. The molecule has 0 spiro atoms. The van der Waals surface area contributed by atoms with Gasteiger partial charge in [-0.1, -0.05) is 0 Å². The number of fused-ring (bicyclic) bond motifs is 1. The Hall–Kier alpha value is -3.58. The van der Waals surface area contributed by atoms with E-state index in [2.05, 4.69) is 35.7 Å². The van der Waals surface area contributed by atoms with Gasteiger partial charge in [0.25, 0.3) is 0 Å². The highest BCUT2D eigenvalue weighted by Crippen LogP contribution is 2.38. The van der Waals surface area contributed by atoms with Crippen molar-refractivity contribution >= 4 is 23.2 Å². The Balaban J connectivity index is 1.43. The highest BCUT2D eigenvalue weighted by molar-refractivity contribution is 5.72. The zero-order chi connectivity index (χ0) is 24.5. The number of aromatic nitrogens is 5. The summed E-state index contributed by atoms with van der Waals surface area (Å²) in [6, 6.07) is 2.80. The molecule has 3 N–H and O–H groups in total. The second-order valence-corrected chi connectivity index (χ2v) is 8.20. The molecule has 14 heteroatoms. The van der Waals surface area contributed by atoms with Crippen LogP contribution in [-0.2, 0) is 4.74 Å². The Morgan fingerprint density at radius 3 is 2.85 bits per heavy atom. The summed E-state index contributed by atoms with van der Waals surface area (Å²) in [6.45, 7) is 2.09. The molecule has 3 aromatic heterocycles. The van der Waals surface area contributed by atoms with Crippen LogP contribution in [0.3, 0.4) is 0 Å². The minimum absolute atomic E-state index is 0.120. The molecule has 3 heterocycles. The first-order valence-corrected chi connectivity index (χ1v) is 10.6. The van der Waals surface area contributed by atoms with Gasteiger partial charge in [0.05, 0.1) is 0 Å². The molecule has 1 amide bonds. The van der Waals surface area contributed by atoms with E-state index in [9.17, 15) is 22.4 Å². The number of carbonyl (C=O) groups excluding carboxylic acids is 1. The van der Waals surface area contributed by atoms with Crippen LogP contribution in [-0.4, -0.2) is 62.0 Å². The van der Waals surface area contributed by atoms with Crippen molar-refractivity contribution in [2.45, 2.75) is 57.1 Å². The molecule has 10 nitrogen and oxygen atoms in total. The number of rotatable bonds is 7. The first-order chi connectivity index (χ1) is 16.1. The lowest BCUT2D eigenvalue weighted by Gasteiger charge is -2.18. The predicted molar refractivity (Wildman–Crippen MR) is 112 cm³/mol. The van der Waals surface area contributed by atoms with Gasteiger partial charge in [0.15, 0.2) is 18.2 Å². The number of nitrogens with zero attached hydrogens (tertiary/aromatic N) is 4. The molecule has 0 aliphatic heterocycles. The largest absolute Gasteiger partial charge is 0.467 e. The molecule has 0 radical (unpaired) electrons. The number of alkyl halides is 4. The number of halogens is 4. The molecule has 0 unspecified atom stereocenters. The lowest BCUT2D eigenvalue weighted by atomic mass is 10.0. The molecular formula is C20H23F4N7O3. The molecule has 184 valence electrons. The van der Waals surface area contributed by atoms with Crippen LogP contribution in [0.25, 0.3) is 5.52 Å². The van der Waals surface area contributed by atoms with Gasteiger partial charge in [-0.25, -0.2) is 18.7 Å². The maximum absolute atomic E-state index is 14.9. The fourth-order valence-electron chi connectivity index (χ4n) is 3.71. The van der Waals surface area contributed by atoms with Gasteiger partial charge in [-0.05, 0) is 26.7 Å². The number of ether oxygens (including phenoxy) is 2. The third-order valence-corrected chi connectivity index (χ3v) is 5.16. The van der Waals surface area contributed by atoms with E-state index in [-0.39, 0.29) is 17.7 Å². The van der Waals surface area contributed by atoms with Crippen molar-refractivity contribution in [1.82, 2.24) is 30.1 Å². The van der Waals surface area contributed by atoms with E-state index in [0.717, 1.165) is 0 Å². The van der Waals surface area contributed by atoms with E-state index < -0.39 is 37.1 Å². The Morgan fingerprint density at radius 2 is 2.12 bits per heavy atom. The summed E-state index contributed by atoms with van der Waals surface area (Å²) < 4.78 is 63.4. The summed E-state index contributed by atoms with van der Waals surface area (Å²) in [6.07, 6.45) is -3.72. The third kappa shape index (κ3) is 5.48. The van der Waals surface area contributed by atoms with E-state index >= 15 is 0 Å². The minimum Gasteiger partial charge on any atom is -0.467 e. The summed E-state index contributed by atoms with van der Waals surface area (Å²) >= 11 is 0. The Labute approximate surface area is 191 Å². The molecule has 34 heavy (non-hydrogen) atoms. The molecule has 0 saturated heterocycles. The third-order valence-electron chi connectivity index (χ3n) is 5.16. The Morgan fingerprint density at radius 1 is 1.32 bits per heavy atom. The topological polar surface area (TPSA) is 118 Å². The number of amides is 1. The van der Waals surface area contributed by atoms with E-state index in [0.29, 0.717) is 29.9 Å². The van der Waals surface area contributed by atoms with Crippen molar-refractivity contribution in [3.63, 3.8) is 0 Å². The summed E-state index contributed by atoms with van der Waals surface area (Å²) in [7, 11) is 0. The summed E-state index contributed by atoms with van der Waals surface area (Å²) in [4.78, 5) is 16.0. The lowest BCUT2D eigenvalue weighted by molar-refractivity contribution is -0.154. The van der Waals surface area contributed by atoms with Crippen LogP contribution in [0, 0.1) is 0 Å². The summed E-state index contributed by atoms with van der Waals surface area (Å²) in [5, 5.41) is 16.4. The molecule has 1 saturated carbocycles. The maximum Gasteiger partial charge on any atom is 0.422 e. The van der Waals surface area contributed by atoms with Gasteiger partial charge in [0, 0.05) is 42.2 Å². The van der Waals surface area contributed by atoms with Crippen LogP contribution in [0.4, 0.5) is 34.0 Å². The highest BCUT2D eigenvalue weighted by atomic mass is 19.4. The van der Waals surface area contributed by atoms with Crippen LogP contribution in [0.15, 0.2) is 24.5 Å². The molecule has 1 fully saturated rings. The van der Waals surface area contributed by atoms with E-state index in [1.807, 2.05) is 0 Å². The first-order valence-electron chi connectivity index (χ1n) is 10.6. The molecule has 3 aromatic rings. The Kier molecular flexibility index (Phi) is 6.48. The van der Waals surface area contributed by atoms with Crippen molar-refractivity contribution in [2.24, 2.45) is 0 Å². The number of carbonyl (C=O) groups is 1. The zero-order valence-corrected chi connectivity index (χ0v) is 18.3. The van der Waals surface area contributed by atoms with Crippen LogP contribution >= 0.6 is 0 Å². The molecule has 3 atom stereocenters. The lowest BCUT2D eigenvalue weighted by Crippen LogP contribution is -2.36. The van der Waals surface area contributed by atoms with Gasteiger partial charge in [-0.2, -0.15) is 18.3 Å². The number of alkyl carbamates (subject to hydrolysis) is 1. The molecular weight excluding hydrogens is 462 g/mol. The second-order valence-electron chi connectivity index (χ2n) is 8.20. The number of hydrogen-bond acceptors (Lipinski definition) is 7. The van der Waals surface area contributed by atoms with E-state index in [1.165, 1.54) is 23.0 Å². The predicted octanol–water partition coefficient (Wildman–Crippen LogP) is 3.86. The highest BCUT2D eigenvalue weighted by Gasteiger charge is 2.41.